The molecule has 1 aromatic heterocycles. The third-order valence-electron chi connectivity index (χ3n) is 1.33. The summed E-state index contributed by atoms with van der Waals surface area (Å²) in [6.07, 6.45) is 1.70. The molecule has 0 fully saturated rings. The fourth-order valence-corrected chi connectivity index (χ4v) is 0.880. The van der Waals surface area contributed by atoms with Crippen molar-refractivity contribution in [3.05, 3.63) is 30.6 Å². The predicted molar refractivity (Wildman–Crippen MR) is 50.5 cm³/mol. The number of hydrogen-bond acceptors (Lipinski definition) is 1. The summed E-state index contributed by atoms with van der Waals surface area (Å²) in [5.41, 5.74) is 2.12. The molecule has 0 atom stereocenters. The first-order valence-corrected chi connectivity index (χ1v) is 2.85. The molecule has 0 amide bonds. The number of imidazole rings is 1. The maximum Gasteiger partial charge on any atom is 0.0931 e. The van der Waals surface area contributed by atoms with E-state index in [2.05, 4.69) is 9.97 Å². The summed E-state index contributed by atoms with van der Waals surface area (Å²) in [4.78, 5) is 7.07. The highest BCUT2D eigenvalue weighted by atomic mass is 16.0. The number of fused-ring (bicyclic) bond motifs is 1. The molecular formula is C7H14N2O4. The Bertz CT molecular complexity index is 292. The summed E-state index contributed by atoms with van der Waals surface area (Å²) in [7, 11) is 0. The first-order valence-electron chi connectivity index (χ1n) is 2.85. The van der Waals surface area contributed by atoms with Crippen molar-refractivity contribution in [3.63, 3.8) is 0 Å². The number of hydrogen-bond donors (Lipinski definition) is 1. The van der Waals surface area contributed by atoms with Crippen LogP contribution in [0.4, 0.5) is 0 Å². The van der Waals surface area contributed by atoms with Crippen molar-refractivity contribution in [1.29, 1.82) is 0 Å². The van der Waals surface area contributed by atoms with Gasteiger partial charge in [-0.3, -0.25) is 0 Å². The predicted octanol–water partition coefficient (Wildman–Crippen LogP) is -1.74. The minimum Gasteiger partial charge on any atom is -0.412 e. The van der Waals surface area contributed by atoms with E-state index in [4.69, 9.17) is 0 Å². The third kappa shape index (κ3) is 3.18. The molecule has 1 aromatic carbocycles. The average Bonchev–Trinajstić information content (AvgIpc) is 2.33. The lowest BCUT2D eigenvalue weighted by Gasteiger charge is -1.81. The van der Waals surface area contributed by atoms with Crippen LogP contribution in [0.5, 0.6) is 0 Å². The van der Waals surface area contributed by atoms with E-state index in [0.717, 1.165) is 11.0 Å². The summed E-state index contributed by atoms with van der Waals surface area (Å²) < 4.78 is 0. The molecule has 0 bridgehead atoms. The number of aromatic nitrogens is 2. The van der Waals surface area contributed by atoms with Crippen molar-refractivity contribution < 1.29 is 21.9 Å². The van der Waals surface area contributed by atoms with Crippen molar-refractivity contribution >= 4 is 11.0 Å². The van der Waals surface area contributed by atoms with Gasteiger partial charge in [-0.05, 0) is 12.1 Å². The van der Waals surface area contributed by atoms with Crippen LogP contribution in [0.3, 0.4) is 0 Å². The van der Waals surface area contributed by atoms with Crippen LogP contribution in [0.1, 0.15) is 0 Å². The molecule has 0 aliphatic rings. The van der Waals surface area contributed by atoms with Gasteiger partial charge >= 0.3 is 0 Å². The second-order valence-electron chi connectivity index (χ2n) is 1.92. The van der Waals surface area contributed by atoms with E-state index in [1.54, 1.807) is 6.33 Å². The zero-order valence-electron chi connectivity index (χ0n) is 6.83. The molecular weight excluding hydrogens is 176 g/mol. The lowest BCUT2D eigenvalue weighted by atomic mass is 10.3. The van der Waals surface area contributed by atoms with Gasteiger partial charge in [0.1, 0.15) is 0 Å². The minimum atomic E-state index is 0. The van der Waals surface area contributed by atoms with Crippen LogP contribution in [0, 0.1) is 0 Å². The third-order valence-corrected chi connectivity index (χ3v) is 1.33. The molecule has 0 radical (unpaired) electrons. The van der Waals surface area contributed by atoms with Gasteiger partial charge in [0.05, 0.1) is 17.4 Å². The summed E-state index contributed by atoms with van der Waals surface area (Å²) in [6, 6.07) is 7.94. The van der Waals surface area contributed by atoms with Crippen LogP contribution < -0.4 is 0 Å². The Kier molecular flexibility index (Phi) is 9.72. The zero-order chi connectivity index (χ0) is 6.10. The van der Waals surface area contributed by atoms with Gasteiger partial charge in [0.15, 0.2) is 0 Å². The molecule has 6 nitrogen and oxygen atoms in total. The van der Waals surface area contributed by atoms with Gasteiger partial charge in [-0.1, -0.05) is 12.1 Å². The Morgan fingerprint density at radius 1 is 0.923 bits per heavy atom. The highest BCUT2D eigenvalue weighted by Crippen LogP contribution is 2.05. The first kappa shape index (κ1) is 17.6. The average molecular weight is 190 g/mol. The van der Waals surface area contributed by atoms with Crippen LogP contribution in [-0.2, 0) is 0 Å². The fourth-order valence-electron chi connectivity index (χ4n) is 0.880. The molecule has 13 heavy (non-hydrogen) atoms. The summed E-state index contributed by atoms with van der Waals surface area (Å²) in [5, 5.41) is 0. The Balaban J connectivity index is -0.000000250. The van der Waals surface area contributed by atoms with Crippen molar-refractivity contribution in [1.82, 2.24) is 9.97 Å². The van der Waals surface area contributed by atoms with Crippen molar-refractivity contribution in [2.24, 2.45) is 0 Å². The fraction of sp³-hybridized carbons (Fsp3) is 0. The molecule has 0 aliphatic heterocycles. The Hall–Kier alpha value is -1.47. The maximum atomic E-state index is 4.06. The molecule has 9 N–H and O–H groups in total. The van der Waals surface area contributed by atoms with Gasteiger partial charge in [0, 0.05) is 0 Å². The van der Waals surface area contributed by atoms with Crippen LogP contribution in [0.25, 0.3) is 11.0 Å². The zero-order valence-corrected chi connectivity index (χ0v) is 6.83. The standard InChI is InChI=1S/C7H6N2.4H2O/c1-2-4-7-6(3-1)8-5-9-7;;;;/h1-5H,(H,8,9);4*1H2. The smallest absolute Gasteiger partial charge is 0.0931 e. The number of H-pyrrole nitrogens is 1. The molecule has 0 saturated carbocycles. The van der Waals surface area contributed by atoms with E-state index in [-0.39, 0.29) is 21.9 Å². The van der Waals surface area contributed by atoms with Gasteiger partial charge in [0.25, 0.3) is 0 Å². The van der Waals surface area contributed by atoms with E-state index in [9.17, 15) is 0 Å². The molecule has 0 unspecified atom stereocenters. The van der Waals surface area contributed by atoms with Gasteiger partial charge in [0.2, 0.25) is 0 Å². The molecule has 0 aliphatic carbocycles. The molecule has 0 saturated heterocycles. The Morgan fingerprint density at radius 2 is 1.54 bits per heavy atom. The second kappa shape index (κ2) is 7.19. The van der Waals surface area contributed by atoms with Crippen molar-refractivity contribution in [2.45, 2.75) is 0 Å². The van der Waals surface area contributed by atoms with Gasteiger partial charge in [-0.15, -0.1) is 0 Å². The first-order chi connectivity index (χ1) is 4.47. The van der Waals surface area contributed by atoms with Gasteiger partial charge < -0.3 is 26.9 Å². The lowest BCUT2D eigenvalue weighted by Crippen LogP contribution is -1.63. The Labute approximate surface area is 74.5 Å². The molecule has 1 heterocycles. The summed E-state index contributed by atoms with van der Waals surface area (Å²) in [6.45, 7) is 0. The number of benzene rings is 1. The van der Waals surface area contributed by atoms with Crippen LogP contribution in [0.15, 0.2) is 30.6 Å². The second-order valence-corrected chi connectivity index (χ2v) is 1.92. The summed E-state index contributed by atoms with van der Waals surface area (Å²) in [5.74, 6) is 0. The number of nitrogens with one attached hydrogen (secondary N) is 1. The van der Waals surface area contributed by atoms with Crippen LogP contribution >= 0.6 is 0 Å². The van der Waals surface area contributed by atoms with E-state index in [1.165, 1.54) is 0 Å². The van der Waals surface area contributed by atoms with Gasteiger partial charge in [-0.2, -0.15) is 0 Å². The van der Waals surface area contributed by atoms with E-state index < -0.39 is 0 Å². The van der Waals surface area contributed by atoms with E-state index >= 15 is 0 Å². The SMILES string of the molecule is O.O.O.O.c1ccc2[nH]cnc2c1. The molecule has 0 spiro atoms. The minimum absolute atomic E-state index is 0. The topological polar surface area (TPSA) is 155 Å². The Morgan fingerprint density at radius 3 is 2.15 bits per heavy atom. The molecule has 6 heteroatoms. The monoisotopic (exact) mass is 190 g/mol. The van der Waals surface area contributed by atoms with Gasteiger partial charge in [-0.25, -0.2) is 4.98 Å². The molecule has 2 rings (SSSR count). The van der Waals surface area contributed by atoms with Crippen LogP contribution in [-0.4, -0.2) is 31.9 Å². The lowest BCUT2D eigenvalue weighted by molar-refractivity contribution is 0.823. The molecule has 76 valence electrons. The van der Waals surface area contributed by atoms with E-state index in [1.807, 2.05) is 24.3 Å². The quantitative estimate of drug-likeness (QED) is 0.514. The molecule has 2 aromatic rings. The maximum absolute atomic E-state index is 4.06. The highest BCUT2D eigenvalue weighted by Gasteiger charge is 1.88. The summed E-state index contributed by atoms with van der Waals surface area (Å²) >= 11 is 0. The number of aromatic amines is 1. The number of rotatable bonds is 0. The van der Waals surface area contributed by atoms with Crippen molar-refractivity contribution in [3.8, 4) is 0 Å². The number of para-hydroxylation sites is 2. The van der Waals surface area contributed by atoms with Crippen molar-refractivity contribution in [2.75, 3.05) is 0 Å². The van der Waals surface area contributed by atoms with E-state index in [0.29, 0.717) is 0 Å². The number of nitrogens with zero attached hydrogens (tertiary/aromatic N) is 1. The van der Waals surface area contributed by atoms with Crippen LogP contribution in [0.2, 0.25) is 0 Å². The normalized spacial score (nSPS) is 7.08. The largest absolute Gasteiger partial charge is 0.412 e. The highest BCUT2D eigenvalue weighted by molar-refractivity contribution is 5.73.